The fraction of sp³-hybridized carbons (Fsp3) is 0.286. The molecule has 0 radical (unpaired) electrons. The number of nitrogens with one attached hydrogen (secondary N) is 3. The maximum absolute atomic E-state index is 12.6. The number of unbranched alkanes of at least 4 members (excludes halogenated alkanes) is 1. The summed E-state index contributed by atoms with van der Waals surface area (Å²) in [6, 6.07) is 13.4. The fourth-order valence-corrected chi connectivity index (χ4v) is 3.12. The van der Waals surface area contributed by atoms with Crippen molar-refractivity contribution < 1.29 is 19.1 Å². The first-order valence-corrected chi connectivity index (χ1v) is 10.2. The molecule has 3 amide bonds. The van der Waals surface area contributed by atoms with E-state index < -0.39 is 12.1 Å². The summed E-state index contributed by atoms with van der Waals surface area (Å²) in [5.41, 5.74) is 7.49. The number of halogens is 1. The Morgan fingerprint density at radius 2 is 1.83 bits per heavy atom. The van der Waals surface area contributed by atoms with Gasteiger partial charge in [0.15, 0.2) is 0 Å². The smallest absolute Gasteiger partial charge is 0.407 e. The van der Waals surface area contributed by atoms with Crippen molar-refractivity contribution in [2.75, 3.05) is 23.5 Å². The lowest BCUT2D eigenvalue weighted by molar-refractivity contribution is -0.118. The lowest BCUT2D eigenvalue weighted by Gasteiger charge is -2.18. The predicted molar refractivity (Wildman–Crippen MR) is 120 cm³/mol. The third-order valence-electron chi connectivity index (χ3n) is 4.27. The Bertz CT molecular complexity index is 891. The van der Waals surface area contributed by atoms with Gasteiger partial charge in [0, 0.05) is 16.6 Å². The topological polar surface area (TPSA) is 123 Å². The van der Waals surface area contributed by atoms with Crippen LogP contribution in [0.4, 0.5) is 21.9 Å². The summed E-state index contributed by atoms with van der Waals surface area (Å²) >= 11 is 3.35. The number of anilines is 3. The van der Waals surface area contributed by atoms with E-state index in [0.717, 1.165) is 4.47 Å². The summed E-state index contributed by atoms with van der Waals surface area (Å²) in [6.45, 7) is 0. The number of ether oxygens (including phenoxy) is 1. The van der Waals surface area contributed by atoms with Crippen molar-refractivity contribution in [3.63, 3.8) is 0 Å². The molecule has 30 heavy (non-hydrogen) atoms. The van der Waals surface area contributed by atoms with E-state index in [9.17, 15) is 14.4 Å². The first-order valence-electron chi connectivity index (χ1n) is 9.44. The second-order valence-electron chi connectivity index (χ2n) is 6.57. The predicted octanol–water partition coefficient (Wildman–Crippen LogP) is 3.89. The van der Waals surface area contributed by atoms with Crippen LogP contribution in [0.3, 0.4) is 0 Å². The molecule has 0 heterocycles. The van der Waals surface area contributed by atoms with Crippen LogP contribution < -0.4 is 21.7 Å². The molecule has 0 aliphatic rings. The van der Waals surface area contributed by atoms with Crippen molar-refractivity contribution >= 4 is 50.9 Å². The van der Waals surface area contributed by atoms with Gasteiger partial charge in [-0.1, -0.05) is 40.5 Å². The van der Waals surface area contributed by atoms with Gasteiger partial charge in [-0.15, -0.1) is 0 Å². The molecule has 0 aliphatic carbocycles. The third-order valence-corrected chi connectivity index (χ3v) is 4.76. The molecule has 2 aromatic carbocycles. The minimum atomic E-state index is -0.788. The second kappa shape index (κ2) is 11.8. The van der Waals surface area contributed by atoms with Gasteiger partial charge in [-0.2, -0.15) is 0 Å². The lowest BCUT2D eigenvalue weighted by Crippen LogP contribution is -2.43. The average Bonchev–Trinajstić information content (AvgIpc) is 2.71. The number of para-hydroxylation sites is 2. The van der Waals surface area contributed by atoms with E-state index in [-0.39, 0.29) is 18.2 Å². The largest absolute Gasteiger partial charge is 0.453 e. The first-order chi connectivity index (χ1) is 14.4. The molecule has 160 valence electrons. The van der Waals surface area contributed by atoms with Gasteiger partial charge in [0.05, 0.1) is 18.5 Å². The molecule has 8 nitrogen and oxygen atoms in total. The Balaban J connectivity index is 1.85. The van der Waals surface area contributed by atoms with Gasteiger partial charge in [-0.3, -0.25) is 9.59 Å². The summed E-state index contributed by atoms with van der Waals surface area (Å²) in [5, 5.41) is 8.07. The molecule has 2 rings (SSSR count). The number of benzene rings is 2. The summed E-state index contributed by atoms with van der Waals surface area (Å²) in [5.74, 6) is -0.524. The zero-order valence-corrected chi connectivity index (χ0v) is 18.2. The Hall–Kier alpha value is -3.07. The van der Waals surface area contributed by atoms with Crippen LogP contribution >= 0.6 is 15.9 Å². The maximum atomic E-state index is 12.6. The number of nitrogen functional groups attached to an aromatic ring is 1. The molecule has 0 saturated carbocycles. The van der Waals surface area contributed by atoms with Crippen LogP contribution in [0.1, 0.15) is 25.7 Å². The highest BCUT2D eigenvalue weighted by atomic mass is 79.9. The van der Waals surface area contributed by atoms with Crippen molar-refractivity contribution in [3.05, 3.63) is 53.0 Å². The number of carbonyl (C=O) groups excluding carboxylic acids is 3. The number of nitrogens with two attached hydrogens (primary N) is 1. The minimum Gasteiger partial charge on any atom is -0.453 e. The summed E-state index contributed by atoms with van der Waals surface area (Å²) in [4.78, 5) is 36.3. The second-order valence-corrected chi connectivity index (χ2v) is 7.48. The number of rotatable bonds is 9. The van der Waals surface area contributed by atoms with Gasteiger partial charge < -0.3 is 26.4 Å². The van der Waals surface area contributed by atoms with Crippen molar-refractivity contribution in [1.29, 1.82) is 0 Å². The minimum absolute atomic E-state index is 0.163. The highest BCUT2D eigenvalue weighted by Gasteiger charge is 2.21. The Labute approximate surface area is 183 Å². The van der Waals surface area contributed by atoms with Crippen LogP contribution in [-0.4, -0.2) is 31.1 Å². The quantitative estimate of drug-likeness (QED) is 0.322. The van der Waals surface area contributed by atoms with E-state index in [1.165, 1.54) is 7.11 Å². The van der Waals surface area contributed by atoms with Crippen molar-refractivity contribution in [1.82, 2.24) is 5.32 Å². The van der Waals surface area contributed by atoms with E-state index in [4.69, 9.17) is 5.73 Å². The van der Waals surface area contributed by atoms with Gasteiger partial charge in [-0.25, -0.2) is 4.79 Å². The molecular weight excluding hydrogens is 452 g/mol. The number of hydrogen-bond acceptors (Lipinski definition) is 5. The van der Waals surface area contributed by atoms with Gasteiger partial charge in [-0.05, 0) is 43.2 Å². The number of alkyl carbamates (subject to hydrolysis) is 1. The SMILES string of the molecule is COC(=O)N[C@H](CCCCC(=O)Nc1ccccc1N)C(=O)Nc1cccc(Br)c1. The number of carbonyl (C=O) groups is 3. The summed E-state index contributed by atoms with van der Waals surface area (Å²) in [6.07, 6.45) is 1.03. The van der Waals surface area contributed by atoms with Crippen molar-refractivity contribution in [2.24, 2.45) is 0 Å². The molecule has 0 saturated heterocycles. The van der Waals surface area contributed by atoms with E-state index in [1.807, 2.05) is 6.07 Å². The van der Waals surface area contributed by atoms with Crippen LogP contribution in [0.15, 0.2) is 53.0 Å². The van der Waals surface area contributed by atoms with E-state index in [0.29, 0.717) is 36.3 Å². The van der Waals surface area contributed by atoms with Gasteiger partial charge in [0.25, 0.3) is 0 Å². The number of amides is 3. The molecule has 0 fully saturated rings. The number of hydrogen-bond donors (Lipinski definition) is 4. The molecule has 5 N–H and O–H groups in total. The number of methoxy groups -OCH3 is 1. The molecular formula is C21H25BrN4O4. The summed E-state index contributed by atoms with van der Waals surface area (Å²) < 4.78 is 5.43. The Morgan fingerprint density at radius 1 is 1.07 bits per heavy atom. The average molecular weight is 477 g/mol. The monoisotopic (exact) mass is 476 g/mol. The highest BCUT2D eigenvalue weighted by molar-refractivity contribution is 9.10. The van der Waals surface area contributed by atoms with E-state index in [2.05, 4.69) is 36.6 Å². The lowest BCUT2D eigenvalue weighted by atomic mass is 10.1. The first kappa shape index (κ1) is 23.2. The van der Waals surface area contributed by atoms with Crippen LogP contribution in [0.5, 0.6) is 0 Å². The molecule has 0 unspecified atom stereocenters. The van der Waals surface area contributed by atoms with Crippen LogP contribution in [0.2, 0.25) is 0 Å². The van der Waals surface area contributed by atoms with Crippen LogP contribution in [-0.2, 0) is 14.3 Å². The molecule has 0 spiro atoms. The van der Waals surface area contributed by atoms with Gasteiger partial charge in [0.2, 0.25) is 11.8 Å². The Kier molecular flexibility index (Phi) is 9.14. The standard InChI is InChI=1S/C21H25BrN4O4/c1-30-21(29)26-18(20(28)24-15-8-6-7-14(22)13-15)11-4-5-12-19(27)25-17-10-3-2-9-16(17)23/h2-3,6-10,13,18H,4-5,11-12,23H2,1H3,(H,24,28)(H,25,27)(H,26,29)/t18-/m1/s1. The Morgan fingerprint density at radius 3 is 2.53 bits per heavy atom. The van der Waals surface area contributed by atoms with Gasteiger partial charge >= 0.3 is 6.09 Å². The van der Waals surface area contributed by atoms with Crippen LogP contribution in [0, 0.1) is 0 Å². The maximum Gasteiger partial charge on any atom is 0.407 e. The highest BCUT2D eigenvalue weighted by Crippen LogP contribution is 2.18. The van der Waals surface area contributed by atoms with Crippen LogP contribution in [0.25, 0.3) is 0 Å². The van der Waals surface area contributed by atoms with Gasteiger partial charge in [0.1, 0.15) is 6.04 Å². The molecule has 1 atom stereocenters. The zero-order chi connectivity index (χ0) is 21.9. The van der Waals surface area contributed by atoms with Crippen molar-refractivity contribution in [3.8, 4) is 0 Å². The fourth-order valence-electron chi connectivity index (χ4n) is 2.72. The normalized spacial score (nSPS) is 11.3. The van der Waals surface area contributed by atoms with E-state index >= 15 is 0 Å². The van der Waals surface area contributed by atoms with E-state index in [1.54, 1.807) is 42.5 Å². The molecule has 2 aromatic rings. The zero-order valence-electron chi connectivity index (χ0n) is 16.6. The van der Waals surface area contributed by atoms with Crippen molar-refractivity contribution in [2.45, 2.75) is 31.7 Å². The molecule has 0 aromatic heterocycles. The molecule has 0 bridgehead atoms. The molecule has 9 heteroatoms. The molecule has 0 aliphatic heterocycles. The third kappa shape index (κ3) is 7.75. The summed E-state index contributed by atoms with van der Waals surface area (Å²) in [7, 11) is 1.23.